The number of carboxylic acids is 2. The number of para-hydroxylation sites is 1. The molecule has 2 atom stereocenters. The molecule has 0 amide bonds. The molecule has 2 rings (SSSR count). The van der Waals surface area contributed by atoms with Gasteiger partial charge in [-0.2, -0.15) is 0 Å². The fraction of sp³-hybridized carbons (Fsp3) is 0.400. The van der Waals surface area contributed by atoms with Gasteiger partial charge in [0.2, 0.25) is 0 Å². The average molecular weight is 393 g/mol. The predicted octanol–water partition coefficient (Wildman–Crippen LogP) is 2.62. The summed E-state index contributed by atoms with van der Waals surface area (Å²) < 4.78 is 5.74. The molecule has 0 saturated heterocycles. The number of hydrogen-bond donors (Lipinski definition) is 5. The van der Waals surface area contributed by atoms with Gasteiger partial charge in [-0.05, 0) is 33.8 Å². The molecular weight excluding hydrogens is 366 g/mol. The molecule has 1 aromatic carbocycles. The van der Waals surface area contributed by atoms with E-state index in [0.717, 1.165) is 10.9 Å². The minimum Gasteiger partial charge on any atom is -0.478 e. The highest BCUT2D eigenvalue weighted by molar-refractivity contribution is 5.89. The number of carbonyl (C=O) groups is 2. The molecule has 2 unspecified atom stereocenters. The van der Waals surface area contributed by atoms with Crippen LogP contribution in [0, 0.1) is 0 Å². The van der Waals surface area contributed by atoms with Gasteiger partial charge in [-0.1, -0.05) is 18.2 Å². The van der Waals surface area contributed by atoms with Crippen LogP contribution in [0.5, 0.6) is 0 Å². The third-order valence-corrected chi connectivity index (χ3v) is 3.57. The summed E-state index contributed by atoms with van der Waals surface area (Å²) in [4.78, 5) is 19.1. The molecule has 0 aliphatic heterocycles. The Hall–Kier alpha value is -2.68. The lowest BCUT2D eigenvalue weighted by molar-refractivity contribution is -0.134. The summed E-state index contributed by atoms with van der Waals surface area (Å²) in [6.45, 7) is 8.26. The summed E-state index contributed by atoms with van der Waals surface area (Å²) in [5.74, 6) is -2.00. The Labute approximate surface area is 163 Å². The van der Waals surface area contributed by atoms with Gasteiger partial charge >= 0.3 is 11.9 Å². The highest BCUT2D eigenvalue weighted by Crippen LogP contribution is 2.29. The topological polar surface area (TPSA) is 140 Å². The van der Waals surface area contributed by atoms with E-state index in [1.54, 1.807) is 6.92 Å². The van der Waals surface area contributed by atoms with Gasteiger partial charge in [-0.3, -0.25) is 0 Å². The number of fused-ring (bicyclic) bond motifs is 1. The minimum atomic E-state index is -1.26. The van der Waals surface area contributed by atoms with Crippen LogP contribution in [0.3, 0.4) is 0 Å². The summed E-state index contributed by atoms with van der Waals surface area (Å²) >= 11 is 0. The van der Waals surface area contributed by atoms with Crippen molar-refractivity contribution < 1.29 is 34.4 Å². The summed E-state index contributed by atoms with van der Waals surface area (Å²) in [5.41, 5.74) is 1.33. The smallest absolute Gasteiger partial charge is 0.328 e. The first-order valence-corrected chi connectivity index (χ1v) is 8.68. The Balaban J connectivity index is 0.000000416. The molecular formula is C20H27NO7. The molecule has 0 aliphatic carbocycles. The number of β-amino-alcohol motifs (C(OH)–C–C–N with tert-alkyl or cyclic N) is 1. The number of carboxylic acid groups (broad SMARTS) is 2. The van der Waals surface area contributed by atoms with Gasteiger partial charge in [0.1, 0.15) is 17.4 Å². The second kappa shape index (κ2) is 10.0. The monoisotopic (exact) mass is 393 g/mol. The molecule has 0 radical (unpaired) electrons. The molecule has 8 heteroatoms. The number of aliphatic hydroxyl groups is 2. The van der Waals surface area contributed by atoms with E-state index in [-0.39, 0.29) is 5.54 Å². The lowest BCUT2D eigenvalue weighted by Gasteiger charge is -2.22. The number of furan rings is 1. The fourth-order valence-corrected chi connectivity index (χ4v) is 2.24. The van der Waals surface area contributed by atoms with Crippen LogP contribution in [0.1, 0.15) is 51.2 Å². The van der Waals surface area contributed by atoms with Crippen LogP contribution in [0.4, 0.5) is 0 Å². The third kappa shape index (κ3) is 7.91. The van der Waals surface area contributed by atoms with Crippen LogP contribution >= 0.6 is 0 Å². The van der Waals surface area contributed by atoms with Crippen molar-refractivity contribution in [3.05, 3.63) is 47.7 Å². The van der Waals surface area contributed by atoms with E-state index in [0.29, 0.717) is 30.0 Å². The molecule has 0 spiro atoms. The van der Waals surface area contributed by atoms with Crippen molar-refractivity contribution in [1.82, 2.24) is 5.32 Å². The zero-order valence-corrected chi connectivity index (χ0v) is 16.3. The van der Waals surface area contributed by atoms with E-state index in [9.17, 15) is 19.8 Å². The molecule has 154 valence electrons. The zero-order valence-electron chi connectivity index (χ0n) is 16.3. The summed E-state index contributed by atoms with van der Waals surface area (Å²) in [6, 6.07) is 7.46. The Kier molecular flexibility index (Phi) is 8.36. The Morgan fingerprint density at radius 2 is 1.71 bits per heavy atom. The molecule has 0 saturated carbocycles. The Morgan fingerprint density at radius 1 is 1.14 bits per heavy atom. The molecule has 1 heterocycles. The van der Waals surface area contributed by atoms with E-state index in [4.69, 9.17) is 14.6 Å². The minimum absolute atomic E-state index is 0.0578. The van der Waals surface area contributed by atoms with Crippen LogP contribution in [-0.2, 0) is 9.59 Å². The first-order chi connectivity index (χ1) is 12.9. The van der Waals surface area contributed by atoms with Gasteiger partial charge < -0.3 is 30.2 Å². The zero-order chi connectivity index (χ0) is 21.5. The SMILES string of the molecule is CC(O)c1cccc2cc(C(O)CNC(C)(C)C)oc12.O=C(O)/C=C/C(=O)O. The largest absolute Gasteiger partial charge is 0.478 e. The number of aliphatic carboxylic acids is 2. The highest BCUT2D eigenvalue weighted by atomic mass is 16.4. The van der Waals surface area contributed by atoms with E-state index < -0.39 is 24.1 Å². The second-order valence-electron chi connectivity index (χ2n) is 7.25. The van der Waals surface area contributed by atoms with Crippen LogP contribution < -0.4 is 5.32 Å². The summed E-state index contributed by atoms with van der Waals surface area (Å²) in [7, 11) is 0. The first kappa shape index (κ1) is 23.4. The van der Waals surface area contributed by atoms with Crippen molar-refractivity contribution >= 4 is 22.9 Å². The van der Waals surface area contributed by atoms with Gasteiger partial charge in [0.25, 0.3) is 0 Å². The van der Waals surface area contributed by atoms with Gasteiger partial charge in [0.05, 0.1) is 6.10 Å². The molecule has 2 aromatic rings. The van der Waals surface area contributed by atoms with Crippen LogP contribution in [0.25, 0.3) is 11.0 Å². The Bertz CT molecular complexity index is 815. The molecule has 0 aliphatic rings. The lowest BCUT2D eigenvalue weighted by Crippen LogP contribution is -2.38. The molecule has 28 heavy (non-hydrogen) atoms. The van der Waals surface area contributed by atoms with Crippen molar-refractivity contribution in [2.24, 2.45) is 0 Å². The summed E-state index contributed by atoms with van der Waals surface area (Å²) in [5, 5.41) is 39.7. The van der Waals surface area contributed by atoms with Crippen LogP contribution in [0.2, 0.25) is 0 Å². The quantitative estimate of drug-likeness (QED) is 0.472. The van der Waals surface area contributed by atoms with Crippen LogP contribution in [-0.4, -0.2) is 44.4 Å². The molecule has 8 nitrogen and oxygen atoms in total. The number of nitrogens with one attached hydrogen (secondary N) is 1. The predicted molar refractivity (Wildman–Crippen MR) is 104 cm³/mol. The molecule has 1 aromatic heterocycles. The first-order valence-electron chi connectivity index (χ1n) is 8.68. The van der Waals surface area contributed by atoms with Gasteiger partial charge in [0.15, 0.2) is 0 Å². The molecule has 0 fully saturated rings. The number of benzene rings is 1. The summed E-state index contributed by atoms with van der Waals surface area (Å²) in [6.07, 6.45) is -0.184. The van der Waals surface area contributed by atoms with Crippen molar-refractivity contribution in [2.45, 2.75) is 45.4 Å². The van der Waals surface area contributed by atoms with Gasteiger partial charge in [-0.15, -0.1) is 0 Å². The van der Waals surface area contributed by atoms with Crippen molar-refractivity contribution in [1.29, 1.82) is 0 Å². The van der Waals surface area contributed by atoms with E-state index in [2.05, 4.69) is 5.32 Å². The van der Waals surface area contributed by atoms with Crippen molar-refractivity contribution in [3.8, 4) is 0 Å². The maximum absolute atomic E-state index is 10.2. The Morgan fingerprint density at radius 3 is 2.18 bits per heavy atom. The molecule has 0 bridgehead atoms. The fourth-order valence-electron chi connectivity index (χ4n) is 2.24. The number of aliphatic hydroxyl groups excluding tert-OH is 2. The van der Waals surface area contributed by atoms with Crippen molar-refractivity contribution in [3.63, 3.8) is 0 Å². The van der Waals surface area contributed by atoms with Gasteiger partial charge in [-0.25, -0.2) is 9.59 Å². The van der Waals surface area contributed by atoms with Crippen LogP contribution in [0.15, 0.2) is 40.8 Å². The maximum Gasteiger partial charge on any atom is 0.328 e. The van der Waals surface area contributed by atoms with Crippen molar-refractivity contribution in [2.75, 3.05) is 6.54 Å². The van der Waals surface area contributed by atoms with E-state index in [1.165, 1.54) is 0 Å². The standard InChI is InChI=1S/C16H23NO3.C4H4O4/c1-10(18)12-7-5-6-11-8-14(20-15(11)12)13(19)9-17-16(2,3)4;5-3(6)1-2-4(7)8/h5-8,10,13,17-19H,9H2,1-4H3;1-2H,(H,5,6)(H,7,8)/b;2-1+. The van der Waals surface area contributed by atoms with E-state index in [1.807, 2.05) is 45.0 Å². The van der Waals surface area contributed by atoms with E-state index >= 15 is 0 Å². The third-order valence-electron chi connectivity index (χ3n) is 3.57. The normalized spacial score (nSPS) is 13.8. The second-order valence-corrected chi connectivity index (χ2v) is 7.25. The maximum atomic E-state index is 10.2. The highest BCUT2D eigenvalue weighted by Gasteiger charge is 2.18. The number of rotatable bonds is 6. The molecule has 5 N–H and O–H groups in total. The average Bonchev–Trinajstić information content (AvgIpc) is 3.01. The lowest BCUT2D eigenvalue weighted by atomic mass is 10.1. The van der Waals surface area contributed by atoms with Gasteiger partial charge in [0, 0.05) is 35.2 Å². The number of hydrogen-bond acceptors (Lipinski definition) is 6.